The molecule has 0 aromatic heterocycles. The summed E-state index contributed by atoms with van der Waals surface area (Å²) in [6, 6.07) is 0. The third-order valence-electron chi connectivity index (χ3n) is 2.14. The second kappa shape index (κ2) is 4.83. The lowest BCUT2D eigenvalue weighted by molar-refractivity contribution is -0.153. The predicted molar refractivity (Wildman–Crippen MR) is 51.3 cm³/mol. The van der Waals surface area contributed by atoms with Gasteiger partial charge in [0, 0.05) is 13.1 Å². The van der Waals surface area contributed by atoms with Crippen LogP contribution in [0.4, 0.5) is 0 Å². The molecular weight excluding hydrogens is 190 g/mol. The monoisotopic (exact) mass is 205 g/mol. The minimum absolute atomic E-state index is 0.325. The van der Waals surface area contributed by atoms with Gasteiger partial charge in [-0.2, -0.15) is 0 Å². The van der Waals surface area contributed by atoms with E-state index in [-0.39, 0.29) is 5.97 Å². The van der Waals surface area contributed by atoms with Gasteiger partial charge in [-0.25, -0.2) is 0 Å². The van der Waals surface area contributed by atoms with Crippen LogP contribution in [0.1, 0.15) is 13.3 Å². The fourth-order valence-corrected chi connectivity index (χ4v) is 1.69. The van der Waals surface area contributed by atoms with Crippen molar-refractivity contribution >= 4 is 18.8 Å². The predicted octanol–water partition coefficient (Wildman–Crippen LogP) is 0.0771. The van der Waals surface area contributed by atoms with Crippen molar-refractivity contribution < 1.29 is 14.6 Å². The minimum Gasteiger partial charge on any atom is -0.466 e. The minimum atomic E-state index is -0.581. The summed E-state index contributed by atoms with van der Waals surface area (Å²) >= 11 is 4.14. The molecule has 13 heavy (non-hydrogen) atoms. The van der Waals surface area contributed by atoms with Gasteiger partial charge in [0.2, 0.25) is 0 Å². The summed E-state index contributed by atoms with van der Waals surface area (Å²) in [6.45, 7) is 3.28. The van der Waals surface area contributed by atoms with Crippen LogP contribution in [0.15, 0.2) is 0 Å². The number of esters is 1. The molecule has 0 aliphatic carbocycles. The lowest BCUT2D eigenvalue weighted by atomic mass is 9.96. The van der Waals surface area contributed by atoms with Gasteiger partial charge in [-0.1, -0.05) is 12.8 Å². The number of hydrogen-bond donors (Lipinski definition) is 2. The molecule has 1 rings (SSSR count). The molecular formula is C8H15NO3S. The van der Waals surface area contributed by atoms with Gasteiger partial charge in [-0.15, -0.1) is 0 Å². The maximum atomic E-state index is 11.3. The number of rotatable bonds is 2. The second-order valence-electron chi connectivity index (χ2n) is 3.13. The van der Waals surface area contributed by atoms with Gasteiger partial charge in [-0.3, -0.25) is 9.10 Å². The summed E-state index contributed by atoms with van der Waals surface area (Å²) in [5.74, 6) is -0.764. The average Bonchev–Trinajstić information content (AvgIpc) is 2.09. The Morgan fingerprint density at radius 2 is 2.46 bits per heavy atom. The Bertz CT molecular complexity index is 188. The van der Waals surface area contributed by atoms with Crippen LogP contribution in [0.25, 0.3) is 0 Å². The Balaban J connectivity index is 2.50. The molecule has 1 aliphatic rings. The number of piperidine rings is 1. The zero-order valence-corrected chi connectivity index (χ0v) is 8.54. The third-order valence-corrected chi connectivity index (χ3v) is 2.51. The first-order chi connectivity index (χ1) is 6.15. The largest absolute Gasteiger partial charge is 0.466 e. The topological polar surface area (TPSA) is 49.8 Å². The Labute approximate surface area is 83.4 Å². The summed E-state index contributed by atoms with van der Waals surface area (Å²) in [5, 5.41) is 9.52. The highest BCUT2D eigenvalue weighted by Crippen LogP contribution is 2.19. The Hall–Kier alpha value is -0.260. The standard InChI is InChI=1S/C8H15NO3S/c1-2-12-8(11)6-5-9(13)4-3-7(6)10/h6-7,10,13H,2-5H2,1H3. The highest BCUT2D eigenvalue weighted by Gasteiger charge is 2.33. The molecule has 0 aromatic rings. The average molecular weight is 205 g/mol. The summed E-state index contributed by atoms with van der Waals surface area (Å²) < 4.78 is 6.57. The van der Waals surface area contributed by atoms with Gasteiger partial charge >= 0.3 is 5.97 Å². The smallest absolute Gasteiger partial charge is 0.312 e. The molecule has 0 radical (unpaired) electrons. The number of aliphatic hydroxyl groups is 1. The maximum Gasteiger partial charge on any atom is 0.312 e. The molecule has 1 aliphatic heterocycles. The van der Waals surface area contributed by atoms with Crippen molar-refractivity contribution in [1.82, 2.24) is 4.31 Å². The summed E-state index contributed by atoms with van der Waals surface area (Å²) in [6.07, 6.45) is -0.00469. The van der Waals surface area contributed by atoms with Crippen LogP contribution in [0.2, 0.25) is 0 Å². The maximum absolute atomic E-state index is 11.3. The van der Waals surface area contributed by atoms with E-state index >= 15 is 0 Å². The number of aliphatic hydroxyl groups excluding tert-OH is 1. The van der Waals surface area contributed by atoms with E-state index in [0.29, 0.717) is 26.1 Å². The van der Waals surface area contributed by atoms with E-state index in [2.05, 4.69) is 12.8 Å². The van der Waals surface area contributed by atoms with E-state index in [1.165, 1.54) is 0 Å². The lowest BCUT2D eigenvalue weighted by Crippen LogP contribution is -2.43. The van der Waals surface area contributed by atoms with E-state index in [1.54, 1.807) is 11.2 Å². The SMILES string of the molecule is CCOC(=O)C1CN(S)CCC1O. The molecule has 1 N–H and O–H groups in total. The first-order valence-electron chi connectivity index (χ1n) is 4.43. The number of carbonyl (C=O) groups is 1. The number of thiol groups is 1. The van der Waals surface area contributed by atoms with Crippen LogP contribution in [-0.4, -0.2) is 41.2 Å². The number of ether oxygens (including phenoxy) is 1. The van der Waals surface area contributed by atoms with E-state index in [0.717, 1.165) is 0 Å². The zero-order valence-electron chi connectivity index (χ0n) is 7.64. The lowest BCUT2D eigenvalue weighted by Gasteiger charge is -2.31. The van der Waals surface area contributed by atoms with Gasteiger partial charge in [0.05, 0.1) is 18.6 Å². The number of carbonyl (C=O) groups excluding carboxylic acids is 1. The van der Waals surface area contributed by atoms with Crippen molar-refractivity contribution in [3.05, 3.63) is 0 Å². The number of hydrogen-bond acceptors (Lipinski definition) is 5. The summed E-state index contributed by atoms with van der Waals surface area (Å²) in [5.41, 5.74) is 0. The Kier molecular flexibility index (Phi) is 4.02. The van der Waals surface area contributed by atoms with Crippen molar-refractivity contribution in [3.8, 4) is 0 Å². The van der Waals surface area contributed by atoms with Crippen molar-refractivity contribution in [2.75, 3.05) is 19.7 Å². The van der Waals surface area contributed by atoms with Crippen molar-refractivity contribution in [2.24, 2.45) is 5.92 Å². The molecule has 4 nitrogen and oxygen atoms in total. The molecule has 0 amide bonds. The molecule has 1 heterocycles. The molecule has 2 atom stereocenters. The fraction of sp³-hybridized carbons (Fsp3) is 0.875. The van der Waals surface area contributed by atoms with Crippen LogP contribution in [0.5, 0.6) is 0 Å². The van der Waals surface area contributed by atoms with Crippen LogP contribution < -0.4 is 0 Å². The van der Waals surface area contributed by atoms with Gasteiger partial charge < -0.3 is 9.84 Å². The van der Waals surface area contributed by atoms with Gasteiger partial charge in [0.25, 0.3) is 0 Å². The molecule has 1 saturated heterocycles. The van der Waals surface area contributed by atoms with Crippen LogP contribution >= 0.6 is 12.8 Å². The Morgan fingerprint density at radius 1 is 1.77 bits per heavy atom. The molecule has 1 fully saturated rings. The van der Waals surface area contributed by atoms with E-state index in [4.69, 9.17) is 4.74 Å². The van der Waals surface area contributed by atoms with Crippen molar-refractivity contribution in [3.63, 3.8) is 0 Å². The first-order valence-corrected chi connectivity index (χ1v) is 4.83. The van der Waals surface area contributed by atoms with Gasteiger partial charge in [0.1, 0.15) is 0 Å². The van der Waals surface area contributed by atoms with Gasteiger partial charge in [-0.05, 0) is 13.3 Å². The van der Waals surface area contributed by atoms with E-state index in [1.807, 2.05) is 0 Å². The molecule has 2 unspecified atom stereocenters. The quantitative estimate of drug-likeness (QED) is 0.495. The molecule has 0 bridgehead atoms. The summed E-state index contributed by atoms with van der Waals surface area (Å²) in [4.78, 5) is 11.3. The van der Waals surface area contributed by atoms with E-state index in [9.17, 15) is 9.90 Å². The van der Waals surface area contributed by atoms with Crippen LogP contribution in [0, 0.1) is 5.92 Å². The van der Waals surface area contributed by atoms with Crippen LogP contribution in [0.3, 0.4) is 0 Å². The molecule has 76 valence electrons. The second-order valence-corrected chi connectivity index (χ2v) is 3.69. The van der Waals surface area contributed by atoms with Crippen LogP contribution in [-0.2, 0) is 9.53 Å². The highest BCUT2D eigenvalue weighted by molar-refractivity contribution is 7.77. The molecule has 5 heteroatoms. The van der Waals surface area contributed by atoms with Gasteiger partial charge in [0.15, 0.2) is 0 Å². The fourth-order valence-electron chi connectivity index (χ4n) is 1.40. The van der Waals surface area contributed by atoms with Crippen molar-refractivity contribution in [1.29, 1.82) is 0 Å². The third kappa shape index (κ3) is 2.86. The zero-order chi connectivity index (χ0) is 9.84. The normalized spacial score (nSPS) is 30.1. The Morgan fingerprint density at radius 3 is 3.08 bits per heavy atom. The first kappa shape index (κ1) is 10.8. The molecule has 0 aromatic carbocycles. The number of nitrogens with zero attached hydrogens (tertiary/aromatic N) is 1. The summed E-state index contributed by atoms with van der Waals surface area (Å²) in [7, 11) is 0. The van der Waals surface area contributed by atoms with Crippen molar-refractivity contribution in [2.45, 2.75) is 19.4 Å². The highest BCUT2D eigenvalue weighted by atomic mass is 32.1. The molecule has 0 saturated carbocycles. The van der Waals surface area contributed by atoms with E-state index < -0.39 is 12.0 Å². The molecule has 0 spiro atoms.